The van der Waals surface area contributed by atoms with Gasteiger partial charge in [-0.3, -0.25) is 4.99 Å². The topological polar surface area (TPSA) is 53.2 Å². The van der Waals surface area contributed by atoms with Gasteiger partial charge >= 0.3 is 0 Å². The van der Waals surface area contributed by atoms with Crippen LogP contribution in [0, 0.1) is 0 Å². The minimum atomic E-state index is 0.527. The average molecular weight is 357 g/mol. The smallest absolute Gasteiger partial charge is 0.145 e. The van der Waals surface area contributed by atoms with Crippen LogP contribution in [-0.4, -0.2) is 15.7 Å². The molecule has 0 amide bonds. The molecule has 0 atom stereocenters. The highest BCUT2D eigenvalue weighted by molar-refractivity contribution is 5.99. The van der Waals surface area contributed by atoms with Gasteiger partial charge in [-0.1, -0.05) is 43.7 Å². The molecule has 1 aliphatic rings. The van der Waals surface area contributed by atoms with Gasteiger partial charge in [-0.15, -0.1) is 0 Å². The highest BCUT2D eigenvalue weighted by atomic mass is 16.5. The lowest BCUT2D eigenvalue weighted by Crippen LogP contribution is -1.95. The summed E-state index contributed by atoms with van der Waals surface area (Å²) in [5.41, 5.74) is 6.17. The second kappa shape index (κ2) is 7.96. The fraction of sp³-hybridized carbons (Fsp3) is 0.174. The van der Waals surface area contributed by atoms with E-state index in [9.17, 15) is 0 Å². The third-order valence-corrected chi connectivity index (χ3v) is 4.45. The number of nitrogens with zero attached hydrogens (tertiary/aromatic N) is 1. The third kappa shape index (κ3) is 4.11. The number of benzene rings is 1. The lowest BCUT2D eigenvalue weighted by molar-refractivity contribution is 0.306. The Hall–Kier alpha value is -3.27. The molecule has 4 nitrogen and oxygen atoms in total. The molecular formula is C23H23N3O. The lowest BCUT2D eigenvalue weighted by Gasteiger charge is -2.05. The van der Waals surface area contributed by atoms with Crippen LogP contribution in [0.2, 0.25) is 0 Å². The van der Waals surface area contributed by atoms with Gasteiger partial charge in [0.1, 0.15) is 12.4 Å². The van der Waals surface area contributed by atoms with Gasteiger partial charge in [-0.25, -0.2) is 0 Å². The number of H-pyrrole nitrogens is 2. The summed E-state index contributed by atoms with van der Waals surface area (Å²) in [4.78, 5) is 11.4. The van der Waals surface area contributed by atoms with Crippen molar-refractivity contribution in [3.63, 3.8) is 0 Å². The Bertz CT molecular complexity index is 976. The van der Waals surface area contributed by atoms with E-state index >= 15 is 0 Å². The molecule has 0 saturated carbocycles. The van der Waals surface area contributed by atoms with Crippen molar-refractivity contribution in [1.82, 2.24) is 9.97 Å². The summed E-state index contributed by atoms with van der Waals surface area (Å²) in [6.07, 6.45) is 10.2. The van der Waals surface area contributed by atoms with Crippen LogP contribution in [0.1, 0.15) is 31.0 Å². The molecule has 0 saturated heterocycles. The zero-order valence-corrected chi connectivity index (χ0v) is 15.4. The molecular weight excluding hydrogens is 334 g/mol. The lowest BCUT2D eigenvalue weighted by atomic mass is 10.2. The highest BCUT2D eigenvalue weighted by Gasteiger charge is 2.12. The number of hydrogen-bond acceptors (Lipinski definition) is 2. The number of nitrogens with one attached hydrogen (secondary N) is 2. The zero-order chi connectivity index (χ0) is 18.5. The molecule has 1 aliphatic heterocycles. The molecule has 2 aromatic heterocycles. The summed E-state index contributed by atoms with van der Waals surface area (Å²) in [6.45, 7) is 2.69. The average Bonchev–Trinajstić information content (AvgIpc) is 3.43. The van der Waals surface area contributed by atoms with E-state index in [1.807, 2.05) is 48.7 Å². The quantitative estimate of drug-likeness (QED) is 0.556. The Morgan fingerprint density at radius 2 is 1.93 bits per heavy atom. The molecule has 0 aliphatic carbocycles. The first-order chi connectivity index (χ1) is 13.3. The normalized spacial score (nSPS) is 14.7. The van der Waals surface area contributed by atoms with Gasteiger partial charge in [0.2, 0.25) is 0 Å². The Kier molecular flexibility index (Phi) is 5.06. The van der Waals surface area contributed by atoms with Crippen molar-refractivity contribution in [2.24, 2.45) is 4.99 Å². The number of aliphatic imine (C=N–C) groups is 1. The molecule has 3 aromatic rings. The van der Waals surface area contributed by atoms with Crippen LogP contribution in [0.5, 0.6) is 5.75 Å². The summed E-state index contributed by atoms with van der Waals surface area (Å²) < 4.78 is 6.12. The maximum Gasteiger partial charge on any atom is 0.145 e. The minimum Gasteiger partial charge on any atom is -0.487 e. The Balaban J connectivity index is 1.62. The van der Waals surface area contributed by atoms with E-state index in [2.05, 4.69) is 46.2 Å². The van der Waals surface area contributed by atoms with Crippen molar-refractivity contribution in [3.8, 4) is 17.1 Å². The Morgan fingerprint density at radius 3 is 2.70 bits per heavy atom. The molecule has 4 rings (SSSR count). The first-order valence-electron chi connectivity index (χ1n) is 9.32. The molecule has 1 aromatic carbocycles. The van der Waals surface area contributed by atoms with Gasteiger partial charge in [0.15, 0.2) is 0 Å². The van der Waals surface area contributed by atoms with E-state index in [-0.39, 0.29) is 0 Å². The fourth-order valence-electron chi connectivity index (χ4n) is 3.10. The van der Waals surface area contributed by atoms with E-state index in [0.717, 1.165) is 52.6 Å². The molecule has 4 heteroatoms. The molecule has 0 spiro atoms. The number of hydrogen-bond donors (Lipinski definition) is 2. The first-order valence-corrected chi connectivity index (χ1v) is 9.32. The molecule has 0 bridgehead atoms. The number of ether oxygens (including phenoxy) is 1. The molecule has 3 heterocycles. The van der Waals surface area contributed by atoms with Crippen molar-refractivity contribution < 1.29 is 4.74 Å². The van der Waals surface area contributed by atoms with Gasteiger partial charge in [-0.2, -0.15) is 0 Å². The monoisotopic (exact) mass is 357 g/mol. The standard InChI is InChI=1S/C23H23N3O/c1-2-7-18-11-12-19(25-18)14-22-23(27-16-17-8-4-3-5-9-17)15-21(26-22)20-10-6-13-24-20/h3-6,8-15,24,26H,2,7,16H2,1H3/b19-14+. The zero-order valence-electron chi connectivity index (χ0n) is 15.4. The summed E-state index contributed by atoms with van der Waals surface area (Å²) in [7, 11) is 0. The predicted molar refractivity (Wildman–Crippen MR) is 111 cm³/mol. The van der Waals surface area contributed by atoms with Crippen molar-refractivity contribution in [2.45, 2.75) is 26.4 Å². The van der Waals surface area contributed by atoms with E-state index in [1.165, 1.54) is 0 Å². The van der Waals surface area contributed by atoms with Gasteiger partial charge in [0, 0.05) is 18.0 Å². The maximum atomic E-state index is 6.12. The van der Waals surface area contributed by atoms with Gasteiger partial charge in [-0.05, 0) is 42.3 Å². The van der Waals surface area contributed by atoms with E-state index in [1.54, 1.807) is 0 Å². The van der Waals surface area contributed by atoms with Crippen molar-refractivity contribution in [2.75, 3.05) is 0 Å². The molecule has 0 radical (unpaired) electrons. The molecule has 0 unspecified atom stereocenters. The summed E-state index contributed by atoms with van der Waals surface area (Å²) >= 11 is 0. The third-order valence-electron chi connectivity index (χ3n) is 4.45. The second-order valence-corrected chi connectivity index (χ2v) is 6.57. The van der Waals surface area contributed by atoms with E-state index < -0.39 is 0 Å². The van der Waals surface area contributed by atoms with Crippen LogP contribution in [-0.2, 0) is 6.61 Å². The Labute approximate surface area is 159 Å². The molecule has 27 heavy (non-hydrogen) atoms. The van der Waals surface area contributed by atoms with Crippen LogP contribution < -0.4 is 4.74 Å². The second-order valence-electron chi connectivity index (χ2n) is 6.57. The van der Waals surface area contributed by atoms with Crippen molar-refractivity contribution >= 4 is 11.8 Å². The van der Waals surface area contributed by atoms with Crippen LogP contribution in [0.4, 0.5) is 0 Å². The van der Waals surface area contributed by atoms with Gasteiger partial charge in [0.05, 0.1) is 22.8 Å². The first kappa shape index (κ1) is 17.2. The molecule has 0 fully saturated rings. The van der Waals surface area contributed by atoms with Crippen molar-refractivity contribution in [1.29, 1.82) is 0 Å². The fourth-order valence-corrected chi connectivity index (χ4v) is 3.10. The van der Waals surface area contributed by atoms with E-state index in [0.29, 0.717) is 6.61 Å². The minimum absolute atomic E-state index is 0.527. The Morgan fingerprint density at radius 1 is 1.04 bits per heavy atom. The maximum absolute atomic E-state index is 6.12. The SMILES string of the molecule is CCCC1=N/C(=C/c2[nH]c(-c3ccc[nH]3)cc2OCc2ccccc2)C=C1. The highest BCUT2D eigenvalue weighted by Crippen LogP contribution is 2.30. The summed E-state index contributed by atoms with van der Waals surface area (Å²) in [6, 6.07) is 16.3. The summed E-state index contributed by atoms with van der Waals surface area (Å²) in [5.74, 6) is 0.823. The van der Waals surface area contributed by atoms with Crippen LogP contribution in [0.3, 0.4) is 0 Å². The molecule has 136 valence electrons. The van der Waals surface area contributed by atoms with Gasteiger partial charge < -0.3 is 14.7 Å². The van der Waals surface area contributed by atoms with Crippen molar-refractivity contribution in [3.05, 3.63) is 83.8 Å². The number of aromatic nitrogens is 2. The molecule has 2 N–H and O–H groups in total. The van der Waals surface area contributed by atoms with Gasteiger partial charge in [0.25, 0.3) is 0 Å². The van der Waals surface area contributed by atoms with Crippen LogP contribution >= 0.6 is 0 Å². The van der Waals surface area contributed by atoms with Crippen LogP contribution in [0.15, 0.2) is 77.6 Å². The number of rotatable bonds is 7. The predicted octanol–water partition coefficient (Wildman–Crippen LogP) is 5.74. The van der Waals surface area contributed by atoms with Crippen LogP contribution in [0.25, 0.3) is 17.5 Å². The summed E-state index contributed by atoms with van der Waals surface area (Å²) in [5, 5.41) is 0. The number of allylic oxidation sites excluding steroid dienone is 2. The van der Waals surface area contributed by atoms with E-state index in [4.69, 9.17) is 4.74 Å². The largest absolute Gasteiger partial charge is 0.487 e. The number of aromatic amines is 2.